The summed E-state index contributed by atoms with van der Waals surface area (Å²) in [4.78, 5) is 25.0. The molecule has 0 saturated heterocycles. The molecular formula is C14H17NO4. The first kappa shape index (κ1) is 13.4. The van der Waals surface area contributed by atoms with Crippen LogP contribution >= 0.6 is 0 Å². The molecule has 5 nitrogen and oxygen atoms in total. The highest BCUT2D eigenvalue weighted by molar-refractivity contribution is 5.95. The molecule has 102 valence electrons. The van der Waals surface area contributed by atoms with Crippen molar-refractivity contribution in [3.8, 4) is 0 Å². The van der Waals surface area contributed by atoms with Gasteiger partial charge in [-0.3, -0.25) is 4.90 Å². The lowest BCUT2D eigenvalue weighted by molar-refractivity contribution is 0.0600. The molecule has 0 saturated carbocycles. The first-order valence-electron chi connectivity index (χ1n) is 6.00. The fraction of sp³-hybridized carbons (Fsp3) is 0.429. The average molecular weight is 263 g/mol. The molecule has 0 aliphatic carbocycles. The van der Waals surface area contributed by atoms with Crippen molar-refractivity contribution in [3.63, 3.8) is 0 Å². The summed E-state index contributed by atoms with van der Waals surface area (Å²) in [6, 6.07) is 5.18. The van der Waals surface area contributed by atoms with E-state index in [1.165, 1.54) is 14.2 Å². The molecule has 1 aliphatic heterocycles. The van der Waals surface area contributed by atoms with Gasteiger partial charge in [0.1, 0.15) is 0 Å². The highest BCUT2D eigenvalue weighted by Gasteiger charge is 2.40. The largest absolute Gasteiger partial charge is 0.465 e. The van der Waals surface area contributed by atoms with Crippen molar-refractivity contribution in [2.75, 3.05) is 19.1 Å². The summed E-state index contributed by atoms with van der Waals surface area (Å²) in [5, 5.41) is 0. The SMILES string of the molecule is COC(=O)c1ccc2c(c1)CC(C)(C)N2C(=O)OC. The maximum atomic E-state index is 11.9. The first-order chi connectivity index (χ1) is 8.90. The lowest BCUT2D eigenvalue weighted by Gasteiger charge is -2.30. The number of hydrogen-bond donors (Lipinski definition) is 0. The summed E-state index contributed by atoms with van der Waals surface area (Å²) in [6.45, 7) is 3.92. The predicted molar refractivity (Wildman–Crippen MR) is 70.4 cm³/mol. The summed E-state index contributed by atoms with van der Waals surface area (Å²) in [5.41, 5.74) is 1.84. The minimum absolute atomic E-state index is 0.371. The van der Waals surface area contributed by atoms with Crippen molar-refractivity contribution in [1.82, 2.24) is 0 Å². The Morgan fingerprint density at radius 3 is 2.47 bits per heavy atom. The third-order valence-electron chi connectivity index (χ3n) is 3.33. The van der Waals surface area contributed by atoms with Crippen LogP contribution in [0.4, 0.5) is 10.5 Å². The van der Waals surface area contributed by atoms with Crippen LogP contribution in [0.5, 0.6) is 0 Å². The Hall–Kier alpha value is -2.04. The molecule has 1 aromatic carbocycles. The molecule has 0 spiro atoms. The van der Waals surface area contributed by atoms with E-state index in [1.807, 2.05) is 13.8 Å². The molecule has 0 atom stereocenters. The molecule has 1 heterocycles. The van der Waals surface area contributed by atoms with Crippen molar-refractivity contribution in [2.45, 2.75) is 25.8 Å². The van der Waals surface area contributed by atoms with Crippen LogP contribution in [0.1, 0.15) is 29.8 Å². The van der Waals surface area contributed by atoms with Crippen LogP contribution in [0.25, 0.3) is 0 Å². The second-order valence-corrected chi connectivity index (χ2v) is 5.13. The Balaban J connectivity index is 2.45. The van der Waals surface area contributed by atoms with Crippen molar-refractivity contribution in [1.29, 1.82) is 0 Å². The van der Waals surface area contributed by atoms with Gasteiger partial charge < -0.3 is 9.47 Å². The van der Waals surface area contributed by atoms with Gasteiger partial charge in [-0.05, 0) is 44.0 Å². The lowest BCUT2D eigenvalue weighted by Crippen LogP contribution is -2.45. The number of anilines is 1. The topological polar surface area (TPSA) is 55.8 Å². The van der Waals surface area contributed by atoms with E-state index in [4.69, 9.17) is 9.47 Å². The second-order valence-electron chi connectivity index (χ2n) is 5.13. The van der Waals surface area contributed by atoms with Gasteiger partial charge in [0, 0.05) is 5.54 Å². The average Bonchev–Trinajstić information content (AvgIpc) is 2.65. The highest BCUT2D eigenvalue weighted by atomic mass is 16.5. The maximum Gasteiger partial charge on any atom is 0.414 e. The molecule has 0 unspecified atom stereocenters. The van der Waals surface area contributed by atoms with Gasteiger partial charge in [-0.15, -0.1) is 0 Å². The molecule has 2 rings (SSSR count). The molecule has 0 radical (unpaired) electrons. The Morgan fingerprint density at radius 2 is 1.89 bits per heavy atom. The highest BCUT2D eigenvalue weighted by Crippen LogP contribution is 2.39. The number of carbonyl (C=O) groups excluding carboxylic acids is 2. The van der Waals surface area contributed by atoms with Crippen molar-refractivity contribution in [2.24, 2.45) is 0 Å². The van der Waals surface area contributed by atoms with E-state index in [0.717, 1.165) is 11.3 Å². The number of amides is 1. The third-order valence-corrected chi connectivity index (χ3v) is 3.33. The van der Waals surface area contributed by atoms with Crippen molar-refractivity contribution < 1.29 is 19.1 Å². The second kappa shape index (κ2) is 4.57. The van der Waals surface area contributed by atoms with Gasteiger partial charge in [-0.2, -0.15) is 0 Å². The van der Waals surface area contributed by atoms with Crippen molar-refractivity contribution in [3.05, 3.63) is 29.3 Å². The molecule has 0 N–H and O–H groups in total. The number of hydrogen-bond acceptors (Lipinski definition) is 4. The number of carbonyl (C=O) groups is 2. The summed E-state index contributed by atoms with van der Waals surface area (Å²) in [7, 11) is 2.71. The van der Waals surface area contributed by atoms with Crippen LogP contribution in [0, 0.1) is 0 Å². The van der Waals surface area contributed by atoms with Gasteiger partial charge in [0.15, 0.2) is 0 Å². The Kier molecular flexibility index (Phi) is 3.22. The standard InChI is InChI=1S/C14H17NO4/c1-14(2)8-10-7-9(12(16)18-3)5-6-11(10)15(14)13(17)19-4/h5-7H,8H2,1-4H3. The van der Waals surface area contributed by atoms with E-state index >= 15 is 0 Å². The maximum absolute atomic E-state index is 11.9. The van der Waals surface area contributed by atoms with Gasteiger partial charge in [-0.25, -0.2) is 9.59 Å². The number of benzene rings is 1. The van der Waals surface area contributed by atoms with E-state index in [-0.39, 0.29) is 11.5 Å². The molecular weight excluding hydrogens is 246 g/mol. The predicted octanol–water partition coefficient (Wildman–Crippen LogP) is 2.38. The number of rotatable bonds is 1. The fourth-order valence-electron chi connectivity index (χ4n) is 2.50. The first-order valence-corrected chi connectivity index (χ1v) is 6.00. The van der Waals surface area contributed by atoms with E-state index in [1.54, 1.807) is 23.1 Å². The van der Waals surface area contributed by atoms with E-state index in [2.05, 4.69) is 0 Å². The van der Waals surface area contributed by atoms with E-state index in [0.29, 0.717) is 12.0 Å². The third kappa shape index (κ3) is 2.16. The zero-order valence-electron chi connectivity index (χ0n) is 11.5. The summed E-state index contributed by atoms with van der Waals surface area (Å²) in [5.74, 6) is -0.378. The molecule has 19 heavy (non-hydrogen) atoms. The molecule has 1 aliphatic rings. The molecule has 0 bridgehead atoms. The van der Waals surface area contributed by atoms with Crippen LogP contribution in [0.15, 0.2) is 18.2 Å². The smallest absolute Gasteiger partial charge is 0.414 e. The molecule has 0 aromatic heterocycles. The minimum Gasteiger partial charge on any atom is -0.465 e. The Labute approximate surface area is 112 Å². The Morgan fingerprint density at radius 1 is 1.21 bits per heavy atom. The number of nitrogens with zero attached hydrogens (tertiary/aromatic N) is 1. The van der Waals surface area contributed by atoms with Gasteiger partial charge >= 0.3 is 12.1 Å². The zero-order chi connectivity index (χ0) is 14.2. The van der Waals surface area contributed by atoms with Gasteiger partial charge in [0.25, 0.3) is 0 Å². The van der Waals surface area contributed by atoms with Gasteiger partial charge in [0.2, 0.25) is 0 Å². The fourth-order valence-corrected chi connectivity index (χ4v) is 2.50. The number of esters is 1. The van der Waals surface area contributed by atoms with Crippen molar-refractivity contribution >= 4 is 17.7 Å². The van der Waals surface area contributed by atoms with Crippen LogP contribution in [-0.4, -0.2) is 31.8 Å². The van der Waals surface area contributed by atoms with Gasteiger partial charge in [-0.1, -0.05) is 0 Å². The number of fused-ring (bicyclic) bond motifs is 1. The van der Waals surface area contributed by atoms with Crippen LogP contribution < -0.4 is 4.90 Å². The quantitative estimate of drug-likeness (QED) is 0.730. The number of ether oxygens (including phenoxy) is 2. The van der Waals surface area contributed by atoms with Gasteiger partial charge in [0.05, 0.1) is 25.5 Å². The zero-order valence-corrected chi connectivity index (χ0v) is 11.5. The van der Waals surface area contributed by atoms with Crippen LogP contribution in [-0.2, 0) is 15.9 Å². The summed E-state index contributed by atoms with van der Waals surface area (Å²) in [6.07, 6.45) is 0.275. The molecule has 0 fully saturated rings. The summed E-state index contributed by atoms with van der Waals surface area (Å²) >= 11 is 0. The normalized spacial score (nSPS) is 15.9. The van der Waals surface area contributed by atoms with E-state index < -0.39 is 6.09 Å². The Bertz CT molecular complexity index is 536. The van der Waals surface area contributed by atoms with Crippen LogP contribution in [0.2, 0.25) is 0 Å². The monoisotopic (exact) mass is 263 g/mol. The number of methoxy groups -OCH3 is 2. The van der Waals surface area contributed by atoms with E-state index in [9.17, 15) is 9.59 Å². The summed E-state index contributed by atoms with van der Waals surface area (Å²) < 4.78 is 9.52. The molecule has 5 heteroatoms. The lowest BCUT2D eigenvalue weighted by atomic mass is 9.99. The minimum atomic E-state index is -0.394. The van der Waals surface area contributed by atoms with Crippen LogP contribution in [0.3, 0.4) is 0 Å². The molecule has 1 aromatic rings. The molecule has 1 amide bonds.